The quantitative estimate of drug-likeness (QED) is 0.751. The summed E-state index contributed by atoms with van der Waals surface area (Å²) in [4.78, 5) is 0.240. The average molecular weight is 317 g/mol. The van der Waals surface area contributed by atoms with E-state index in [-0.39, 0.29) is 16.7 Å². The van der Waals surface area contributed by atoms with Crippen molar-refractivity contribution in [1.82, 2.24) is 5.32 Å². The van der Waals surface area contributed by atoms with Gasteiger partial charge in [0.1, 0.15) is 0 Å². The van der Waals surface area contributed by atoms with Gasteiger partial charge in [-0.2, -0.15) is 13.2 Å². The molecule has 1 N–H and O–H groups in total. The molecule has 1 aliphatic carbocycles. The minimum atomic E-state index is -4.22. The first-order chi connectivity index (χ1) is 9.76. The molecule has 0 heterocycles. The zero-order valence-electron chi connectivity index (χ0n) is 12.5. The summed E-state index contributed by atoms with van der Waals surface area (Å²) in [5.41, 5.74) is -2.89. The van der Waals surface area contributed by atoms with Crippen molar-refractivity contribution in [2.75, 3.05) is 0 Å². The molecule has 1 atom stereocenters. The third kappa shape index (κ3) is 5.22. The SMILES string of the molecule is CC1(C)CCCCC1NCc1ccc(SC(F)(F)F)cc1. The van der Waals surface area contributed by atoms with Gasteiger partial charge in [0.05, 0.1) is 0 Å². The van der Waals surface area contributed by atoms with Gasteiger partial charge < -0.3 is 5.32 Å². The predicted molar refractivity (Wildman–Crippen MR) is 81.2 cm³/mol. The molecule has 0 spiro atoms. The van der Waals surface area contributed by atoms with Crippen molar-refractivity contribution in [3.8, 4) is 0 Å². The zero-order chi connectivity index (χ0) is 15.5. The fourth-order valence-corrected chi connectivity index (χ4v) is 3.46. The van der Waals surface area contributed by atoms with Gasteiger partial charge in [-0.1, -0.05) is 38.8 Å². The first-order valence-corrected chi connectivity index (χ1v) is 8.16. The van der Waals surface area contributed by atoms with E-state index in [1.165, 1.54) is 25.7 Å². The second kappa shape index (κ2) is 6.61. The van der Waals surface area contributed by atoms with E-state index < -0.39 is 5.51 Å². The Morgan fingerprint density at radius 3 is 2.43 bits per heavy atom. The van der Waals surface area contributed by atoms with Crippen LogP contribution in [-0.4, -0.2) is 11.6 Å². The summed E-state index contributed by atoms with van der Waals surface area (Å²) in [6.07, 6.45) is 4.94. The summed E-state index contributed by atoms with van der Waals surface area (Å²) >= 11 is -0.0651. The first kappa shape index (κ1) is 16.7. The molecule has 2 rings (SSSR count). The van der Waals surface area contributed by atoms with Gasteiger partial charge in [-0.05, 0) is 47.7 Å². The van der Waals surface area contributed by atoms with Crippen LogP contribution in [0, 0.1) is 5.41 Å². The average Bonchev–Trinajstić information content (AvgIpc) is 2.37. The van der Waals surface area contributed by atoms with Crippen LogP contribution in [0.3, 0.4) is 0 Å². The van der Waals surface area contributed by atoms with Crippen molar-refractivity contribution in [2.24, 2.45) is 5.41 Å². The Hall–Kier alpha value is -0.680. The highest BCUT2D eigenvalue weighted by atomic mass is 32.2. The molecular formula is C16H22F3NS. The number of nitrogens with one attached hydrogen (secondary N) is 1. The molecule has 1 saturated carbocycles. The van der Waals surface area contributed by atoms with Crippen LogP contribution in [-0.2, 0) is 6.54 Å². The molecule has 0 radical (unpaired) electrons. The number of hydrogen-bond acceptors (Lipinski definition) is 2. The van der Waals surface area contributed by atoms with Crippen molar-refractivity contribution < 1.29 is 13.2 Å². The Balaban J connectivity index is 1.89. The van der Waals surface area contributed by atoms with Crippen molar-refractivity contribution >= 4 is 11.8 Å². The van der Waals surface area contributed by atoms with E-state index in [1.54, 1.807) is 24.3 Å². The Morgan fingerprint density at radius 1 is 1.19 bits per heavy atom. The molecule has 21 heavy (non-hydrogen) atoms. The van der Waals surface area contributed by atoms with Gasteiger partial charge >= 0.3 is 5.51 Å². The lowest BCUT2D eigenvalue weighted by Crippen LogP contribution is -2.43. The molecule has 1 aromatic rings. The highest BCUT2D eigenvalue weighted by molar-refractivity contribution is 8.00. The molecule has 1 nitrogen and oxygen atoms in total. The van der Waals surface area contributed by atoms with E-state index in [0.717, 1.165) is 5.56 Å². The fourth-order valence-electron chi connectivity index (χ4n) is 2.92. The Morgan fingerprint density at radius 2 is 1.86 bits per heavy atom. The molecule has 118 valence electrons. The minimum Gasteiger partial charge on any atom is -0.309 e. The number of halogens is 3. The molecule has 1 fully saturated rings. The Kier molecular flexibility index (Phi) is 5.25. The van der Waals surface area contributed by atoms with Gasteiger partial charge in [-0.3, -0.25) is 0 Å². The van der Waals surface area contributed by atoms with Gasteiger partial charge in [-0.25, -0.2) is 0 Å². The number of alkyl halides is 3. The highest BCUT2D eigenvalue weighted by Crippen LogP contribution is 2.37. The van der Waals surface area contributed by atoms with Crippen LogP contribution in [0.1, 0.15) is 45.1 Å². The lowest BCUT2D eigenvalue weighted by Gasteiger charge is -2.39. The fraction of sp³-hybridized carbons (Fsp3) is 0.625. The molecule has 0 aromatic heterocycles. The lowest BCUT2D eigenvalue weighted by atomic mass is 9.73. The van der Waals surface area contributed by atoms with Crippen molar-refractivity contribution in [2.45, 2.75) is 62.5 Å². The molecule has 1 aromatic carbocycles. The van der Waals surface area contributed by atoms with E-state index in [9.17, 15) is 13.2 Å². The summed E-state index contributed by atoms with van der Waals surface area (Å²) in [5.74, 6) is 0. The van der Waals surface area contributed by atoms with Crippen LogP contribution in [0.4, 0.5) is 13.2 Å². The molecule has 5 heteroatoms. The molecule has 0 aliphatic heterocycles. The van der Waals surface area contributed by atoms with E-state index in [1.807, 2.05) is 0 Å². The van der Waals surface area contributed by atoms with Crippen LogP contribution in [0.5, 0.6) is 0 Å². The topological polar surface area (TPSA) is 12.0 Å². The van der Waals surface area contributed by atoms with Gasteiger partial charge in [-0.15, -0.1) is 0 Å². The molecule has 1 aliphatic rings. The second-order valence-corrected chi connectivity index (χ2v) is 7.50. The van der Waals surface area contributed by atoms with Crippen molar-refractivity contribution in [3.63, 3.8) is 0 Å². The normalized spacial score (nSPS) is 22.2. The molecule has 0 bridgehead atoms. The third-order valence-corrected chi connectivity index (χ3v) is 4.96. The number of rotatable bonds is 4. The maximum absolute atomic E-state index is 12.3. The molecule has 1 unspecified atom stereocenters. The van der Waals surface area contributed by atoms with Crippen LogP contribution >= 0.6 is 11.8 Å². The monoisotopic (exact) mass is 317 g/mol. The van der Waals surface area contributed by atoms with Crippen molar-refractivity contribution in [1.29, 1.82) is 0 Å². The Bertz CT molecular complexity index is 454. The van der Waals surface area contributed by atoms with Gasteiger partial charge in [0.2, 0.25) is 0 Å². The molecule has 0 saturated heterocycles. The number of thioether (sulfide) groups is 1. The third-order valence-electron chi connectivity index (χ3n) is 4.22. The van der Waals surface area contributed by atoms with E-state index >= 15 is 0 Å². The standard InChI is InChI=1S/C16H22F3NS/c1-15(2)10-4-3-5-14(15)20-11-12-6-8-13(9-7-12)21-16(17,18)19/h6-9,14,20H,3-5,10-11H2,1-2H3. The van der Waals surface area contributed by atoms with E-state index in [0.29, 0.717) is 18.0 Å². The summed E-state index contributed by atoms with van der Waals surface area (Å²) in [7, 11) is 0. The zero-order valence-corrected chi connectivity index (χ0v) is 13.3. The van der Waals surface area contributed by atoms with E-state index in [4.69, 9.17) is 0 Å². The molecule has 0 amide bonds. The predicted octanol–water partition coefficient (Wildman–Crippen LogP) is 5.36. The summed E-state index contributed by atoms with van der Waals surface area (Å²) in [6, 6.07) is 7.12. The van der Waals surface area contributed by atoms with Crippen LogP contribution < -0.4 is 5.32 Å². The Labute approximate surface area is 128 Å². The first-order valence-electron chi connectivity index (χ1n) is 7.34. The highest BCUT2D eigenvalue weighted by Gasteiger charge is 2.31. The summed E-state index contributed by atoms with van der Waals surface area (Å²) in [5, 5.41) is 3.57. The van der Waals surface area contributed by atoms with Crippen LogP contribution in [0.25, 0.3) is 0 Å². The molecular weight excluding hydrogens is 295 g/mol. The van der Waals surface area contributed by atoms with Crippen LogP contribution in [0.15, 0.2) is 29.2 Å². The van der Waals surface area contributed by atoms with E-state index in [2.05, 4.69) is 19.2 Å². The maximum atomic E-state index is 12.3. The summed E-state index contributed by atoms with van der Waals surface area (Å²) < 4.78 is 36.8. The maximum Gasteiger partial charge on any atom is 0.446 e. The smallest absolute Gasteiger partial charge is 0.309 e. The lowest BCUT2D eigenvalue weighted by molar-refractivity contribution is -0.0328. The number of benzene rings is 1. The van der Waals surface area contributed by atoms with Gasteiger partial charge in [0, 0.05) is 17.5 Å². The minimum absolute atomic E-state index is 0.0651. The van der Waals surface area contributed by atoms with Crippen LogP contribution in [0.2, 0.25) is 0 Å². The van der Waals surface area contributed by atoms with Crippen molar-refractivity contribution in [3.05, 3.63) is 29.8 Å². The largest absolute Gasteiger partial charge is 0.446 e. The van der Waals surface area contributed by atoms with Gasteiger partial charge in [0.15, 0.2) is 0 Å². The van der Waals surface area contributed by atoms with Gasteiger partial charge in [0.25, 0.3) is 0 Å². The second-order valence-electron chi connectivity index (χ2n) is 6.36. The number of hydrogen-bond donors (Lipinski definition) is 1. The summed E-state index contributed by atoms with van der Waals surface area (Å²) in [6.45, 7) is 5.28.